The molecular formula is C18H20N4O. The highest BCUT2D eigenvalue weighted by molar-refractivity contribution is 6.15. The van der Waals surface area contributed by atoms with Crippen LogP contribution in [0.25, 0.3) is 17.1 Å². The summed E-state index contributed by atoms with van der Waals surface area (Å²) in [6, 6.07) is 3.90. The number of fused-ring (bicyclic) bond motifs is 1. The molecule has 23 heavy (non-hydrogen) atoms. The molecule has 1 amide bonds. The molecule has 4 rings (SSSR count). The lowest BCUT2D eigenvalue weighted by Gasteiger charge is -2.24. The summed E-state index contributed by atoms with van der Waals surface area (Å²) in [7, 11) is 1.84. The summed E-state index contributed by atoms with van der Waals surface area (Å²) in [5.41, 5.74) is 2.31. The first-order valence-electron chi connectivity index (χ1n) is 8.24. The lowest BCUT2D eigenvalue weighted by atomic mass is 9.88. The molecule has 1 aliphatic heterocycles. The van der Waals surface area contributed by atoms with Crippen LogP contribution in [0.15, 0.2) is 35.2 Å². The molecule has 5 heteroatoms. The van der Waals surface area contributed by atoms with Gasteiger partial charge in [-0.2, -0.15) is 0 Å². The number of H-pyrrole nitrogens is 1. The minimum atomic E-state index is -0.0104. The van der Waals surface area contributed by atoms with Crippen LogP contribution in [0.5, 0.6) is 0 Å². The van der Waals surface area contributed by atoms with Crippen molar-refractivity contribution in [2.45, 2.75) is 32.1 Å². The molecule has 0 radical (unpaired) electrons. The Hall–Kier alpha value is -2.43. The van der Waals surface area contributed by atoms with Gasteiger partial charge < -0.3 is 4.98 Å². The van der Waals surface area contributed by atoms with Gasteiger partial charge in [-0.3, -0.25) is 9.69 Å². The standard InChI is InChI=1S/C18H20N4O/c1-22-17(12-6-3-2-4-7-12)21-15(18(22)23)10-13-11-20-16-14(13)8-5-9-19-16/h5,8-12H,2-4,6-7H2,1H3,(H,19,20)/b15-10-. The van der Waals surface area contributed by atoms with Crippen LogP contribution in [0.3, 0.4) is 0 Å². The second-order valence-corrected chi connectivity index (χ2v) is 6.34. The number of rotatable bonds is 2. The first-order valence-corrected chi connectivity index (χ1v) is 8.24. The number of carbonyl (C=O) groups is 1. The first kappa shape index (κ1) is 14.2. The number of aromatic nitrogens is 2. The molecule has 2 aromatic heterocycles. The Morgan fingerprint density at radius 2 is 2.13 bits per heavy atom. The van der Waals surface area contributed by atoms with Crippen molar-refractivity contribution >= 4 is 28.9 Å². The number of likely N-dealkylation sites (N-methyl/N-ethyl adjacent to an activating group) is 1. The van der Waals surface area contributed by atoms with Gasteiger partial charge in [0.1, 0.15) is 17.2 Å². The summed E-state index contributed by atoms with van der Waals surface area (Å²) in [6.07, 6.45) is 11.6. The van der Waals surface area contributed by atoms with Gasteiger partial charge in [-0.25, -0.2) is 9.98 Å². The number of pyridine rings is 1. The molecule has 1 N–H and O–H groups in total. The Labute approximate surface area is 135 Å². The molecular weight excluding hydrogens is 288 g/mol. The van der Waals surface area contributed by atoms with E-state index in [1.54, 1.807) is 11.1 Å². The Morgan fingerprint density at radius 1 is 1.30 bits per heavy atom. The summed E-state index contributed by atoms with van der Waals surface area (Å²) in [5.74, 6) is 1.36. The van der Waals surface area contributed by atoms with E-state index in [1.807, 2.05) is 31.5 Å². The number of carbonyl (C=O) groups excluding carboxylic acids is 1. The van der Waals surface area contributed by atoms with Crippen molar-refractivity contribution in [3.63, 3.8) is 0 Å². The Bertz CT molecular complexity index is 811. The maximum Gasteiger partial charge on any atom is 0.277 e. The number of nitrogens with zero attached hydrogens (tertiary/aromatic N) is 3. The fraction of sp³-hybridized carbons (Fsp3) is 0.389. The number of nitrogens with one attached hydrogen (secondary N) is 1. The highest BCUT2D eigenvalue weighted by Crippen LogP contribution is 2.30. The Morgan fingerprint density at radius 3 is 2.96 bits per heavy atom. The zero-order valence-electron chi connectivity index (χ0n) is 13.2. The molecule has 0 saturated heterocycles. The first-order chi connectivity index (χ1) is 11.2. The molecule has 3 heterocycles. The number of amidine groups is 1. The van der Waals surface area contributed by atoms with Crippen molar-refractivity contribution in [1.82, 2.24) is 14.9 Å². The van der Waals surface area contributed by atoms with Gasteiger partial charge in [-0.05, 0) is 31.1 Å². The molecule has 0 bridgehead atoms. The maximum atomic E-state index is 12.5. The van der Waals surface area contributed by atoms with Crippen molar-refractivity contribution in [3.05, 3.63) is 35.8 Å². The lowest BCUT2D eigenvalue weighted by molar-refractivity contribution is -0.121. The van der Waals surface area contributed by atoms with Crippen molar-refractivity contribution in [2.24, 2.45) is 10.9 Å². The van der Waals surface area contributed by atoms with Gasteiger partial charge in [0.25, 0.3) is 5.91 Å². The smallest absolute Gasteiger partial charge is 0.277 e. The van der Waals surface area contributed by atoms with Crippen LogP contribution in [-0.4, -0.2) is 33.7 Å². The molecule has 0 atom stereocenters. The minimum absolute atomic E-state index is 0.0104. The van der Waals surface area contributed by atoms with E-state index in [2.05, 4.69) is 15.0 Å². The fourth-order valence-electron chi connectivity index (χ4n) is 3.59. The van der Waals surface area contributed by atoms with Crippen LogP contribution >= 0.6 is 0 Å². The van der Waals surface area contributed by atoms with E-state index in [0.29, 0.717) is 11.6 Å². The van der Waals surface area contributed by atoms with E-state index in [-0.39, 0.29) is 5.91 Å². The zero-order chi connectivity index (χ0) is 15.8. The van der Waals surface area contributed by atoms with Gasteiger partial charge in [0.15, 0.2) is 0 Å². The maximum absolute atomic E-state index is 12.5. The second kappa shape index (κ2) is 5.65. The Balaban J connectivity index is 1.70. The second-order valence-electron chi connectivity index (χ2n) is 6.34. The third kappa shape index (κ3) is 2.46. The van der Waals surface area contributed by atoms with Crippen molar-refractivity contribution in [3.8, 4) is 0 Å². The number of hydrogen-bond acceptors (Lipinski definition) is 3. The molecule has 1 fully saturated rings. The van der Waals surface area contributed by atoms with Gasteiger partial charge in [0.2, 0.25) is 0 Å². The van der Waals surface area contributed by atoms with Gasteiger partial charge in [0.05, 0.1) is 0 Å². The molecule has 5 nitrogen and oxygen atoms in total. The monoisotopic (exact) mass is 308 g/mol. The number of amides is 1. The van der Waals surface area contributed by atoms with Gasteiger partial charge >= 0.3 is 0 Å². The highest BCUT2D eigenvalue weighted by atomic mass is 16.2. The summed E-state index contributed by atoms with van der Waals surface area (Å²) < 4.78 is 0. The zero-order valence-corrected chi connectivity index (χ0v) is 13.2. The summed E-state index contributed by atoms with van der Waals surface area (Å²) in [4.78, 5) is 26.4. The molecule has 1 aliphatic carbocycles. The van der Waals surface area contributed by atoms with E-state index in [1.165, 1.54) is 19.3 Å². The van der Waals surface area contributed by atoms with Crippen LogP contribution in [0.4, 0.5) is 0 Å². The summed E-state index contributed by atoms with van der Waals surface area (Å²) in [5, 5.41) is 1.01. The average Bonchev–Trinajstić information content (AvgIpc) is 3.13. The average molecular weight is 308 g/mol. The number of aliphatic imine (C=N–C) groups is 1. The van der Waals surface area contributed by atoms with Crippen LogP contribution in [0, 0.1) is 5.92 Å². The predicted octanol–water partition coefficient (Wildman–Crippen LogP) is 3.35. The molecule has 1 saturated carbocycles. The molecule has 2 aromatic rings. The normalized spacial score (nSPS) is 21.4. The summed E-state index contributed by atoms with van der Waals surface area (Å²) >= 11 is 0. The highest BCUT2D eigenvalue weighted by Gasteiger charge is 2.32. The predicted molar refractivity (Wildman–Crippen MR) is 90.9 cm³/mol. The van der Waals surface area contributed by atoms with Crippen molar-refractivity contribution < 1.29 is 4.79 Å². The van der Waals surface area contributed by atoms with Crippen LogP contribution in [0.1, 0.15) is 37.7 Å². The van der Waals surface area contributed by atoms with Crippen LogP contribution in [0.2, 0.25) is 0 Å². The number of aromatic amines is 1. The van der Waals surface area contributed by atoms with E-state index >= 15 is 0 Å². The molecule has 118 valence electrons. The van der Waals surface area contributed by atoms with Crippen molar-refractivity contribution in [1.29, 1.82) is 0 Å². The minimum Gasteiger partial charge on any atom is -0.346 e. The fourth-order valence-corrected chi connectivity index (χ4v) is 3.59. The van der Waals surface area contributed by atoms with Gasteiger partial charge in [-0.1, -0.05) is 19.3 Å². The largest absolute Gasteiger partial charge is 0.346 e. The molecule has 0 aromatic carbocycles. The molecule has 2 aliphatic rings. The summed E-state index contributed by atoms with van der Waals surface area (Å²) in [6.45, 7) is 0. The molecule has 0 unspecified atom stereocenters. The van der Waals surface area contributed by atoms with Crippen LogP contribution in [-0.2, 0) is 4.79 Å². The van der Waals surface area contributed by atoms with E-state index in [9.17, 15) is 4.79 Å². The quantitative estimate of drug-likeness (QED) is 0.865. The van der Waals surface area contributed by atoms with E-state index in [4.69, 9.17) is 0 Å². The van der Waals surface area contributed by atoms with Gasteiger partial charge in [-0.15, -0.1) is 0 Å². The molecule has 0 spiro atoms. The van der Waals surface area contributed by atoms with E-state index in [0.717, 1.165) is 35.3 Å². The number of hydrogen-bond donors (Lipinski definition) is 1. The third-order valence-electron chi connectivity index (χ3n) is 4.85. The Kier molecular flexibility index (Phi) is 3.48. The van der Waals surface area contributed by atoms with Crippen molar-refractivity contribution in [2.75, 3.05) is 7.05 Å². The lowest BCUT2D eigenvalue weighted by Crippen LogP contribution is -2.33. The van der Waals surface area contributed by atoms with Gasteiger partial charge in [0, 0.05) is 36.3 Å². The SMILES string of the molecule is CN1C(=O)/C(=C/c2c[nH]c3ncccc23)N=C1C1CCCCC1. The van der Waals surface area contributed by atoms with E-state index < -0.39 is 0 Å². The van der Waals surface area contributed by atoms with Crippen LogP contribution < -0.4 is 0 Å². The topological polar surface area (TPSA) is 61.4 Å². The third-order valence-corrected chi connectivity index (χ3v) is 4.85.